The van der Waals surface area contributed by atoms with E-state index in [1.54, 1.807) is 31.6 Å². The summed E-state index contributed by atoms with van der Waals surface area (Å²) in [5, 5.41) is 2.14. The zero-order valence-electron chi connectivity index (χ0n) is 22.6. The van der Waals surface area contributed by atoms with Crippen molar-refractivity contribution in [1.29, 1.82) is 0 Å². The minimum atomic E-state index is -0.739. The smallest absolute Gasteiger partial charge is 0.338 e. The molecule has 0 amide bonds. The minimum absolute atomic E-state index is 0.0475. The van der Waals surface area contributed by atoms with Gasteiger partial charge in [-0.3, -0.25) is 9.36 Å². The molecule has 1 aromatic heterocycles. The molecular formula is C31H30N2O5S. The first-order valence-electron chi connectivity index (χ1n) is 12.8. The normalized spacial score (nSPS) is 15.3. The quantitative estimate of drug-likeness (QED) is 0.315. The molecule has 0 spiro atoms. The van der Waals surface area contributed by atoms with E-state index in [1.165, 1.54) is 11.3 Å². The second-order valence-corrected chi connectivity index (χ2v) is 10.5. The van der Waals surface area contributed by atoms with Gasteiger partial charge >= 0.3 is 5.97 Å². The Bertz CT molecular complexity index is 1780. The van der Waals surface area contributed by atoms with Crippen molar-refractivity contribution in [3.63, 3.8) is 0 Å². The van der Waals surface area contributed by atoms with Gasteiger partial charge in [-0.05, 0) is 67.8 Å². The molecule has 1 unspecified atom stereocenters. The van der Waals surface area contributed by atoms with E-state index in [9.17, 15) is 9.59 Å². The number of aromatic nitrogens is 1. The van der Waals surface area contributed by atoms with Gasteiger partial charge in [0.1, 0.15) is 0 Å². The van der Waals surface area contributed by atoms with Crippen LogP contribution in [0.3, 0.4) is 0 Å². The van der Waals surface area contributed by atoms with E-state index >= 15 is 0 Å². The zero-order valence-corrected chi connectivity index (χ0v) is 23.4. The van der Waals surface area contributed by atoms with Crippen LogP contribution in [0.15, 0.2) is 81.7 Å². The molecule has 1 aliphatic heterocycles. The number of ether oxygens (including phenoxy) is 3. The maximum Gasteiger partial charge on any atom is 0.338 e. The van der Waals surface area contributed by atoms with Gasteiger partial charge in [0.05, 0.1) is 41.7 Å². The van der Waals surface area contributed by atoms with Crippen molar-refractivity contribution in [2.24, 2.45) is 4.99 Å². The summed E-state index contributed by atoms with van der Waals surface area (Å²) in [6.07, 6.45) is 1.85. The van der Waals surface area contributed by atoms with Crippen molar-refractivity contribution in [2.75, 3.05) is 13.7 Å². The van der Waals surface area contributed by atoms with Gasteiger partial charge in [-0.1, -0.05) is 59.9 Å². The Morgan fingerprint density at radius 3 is 2.62 bits per heavy atom. The fraction of sp³-hybridized carbons (Fsp3) is 0.258. The van der Waals surface area contributed by atoms with Crippen LogP contribution in [0.1, 0.15) is 44.9 Å². The van der Waals surface area contributed by atoms with E-state index in [4.69, 9.17) is 14.2 Å². The van der Waals surface area contributed by atoms with Crippen LogP contribution >= 0.6 is 11.3 Å². The van der Waals surface area contributed by atoms with Gasteiger partial charge < -0.3 is 14.2 Å². The Morgan fingerprint density at radius 1 is 1.10 bits per heavy atom. The predicted octanol–water partition coefficient (Wildman–Crippen LogP) is 4.75. The monoisotopic (exact) mass is 542 g/mol. The fourth-order valence-electron chi connectivity index (χ4n) is 4.83. The average Bonchev–Trinajstić information content (AvgIpc) is 3.22. The van der Waals surface area contributed by atoms with Crippen molar-refractivity contribution >= 4 is 34.2 Å². The lowest BCUT2D eigenvalue weighted by atomic mass is 9.95. The highest BCUT2D eigenvalue weighted by Gasteiger charge is 2.34. The molecule has 0 N–H and O–H groups in total. The summed E-state index contributed by atoms with van der Waals surface area (Å²) < 4.78 is 19.0. The molecular weight excluding hydrogens is 512 g/mol. The first kappa shape index (κ1) is 26.4. The van der Waals surface area contributed by atoms with Crippen LogP contribution in [-0.4, -0.2) is 30.4 Å². The number of hydrogen-bond acceptors (Lipinski definition) is 7. The molecule has 0 fully saturated rings. The first-order valence-corrected chi connectivity index (χ1v) is 13.7. The third kappa shape index (κ3) is 5.00. The molecule has 7 nitrogen and oxygen atoms in total. The highest BCUT2D eigenvalue weighted by molar-refractivity contribution is 7.07. The number of rotatable bonds is 7. The topological polar surface area (TPSA) is 79.1 Å². The van der Waals surface area contributed by atoms with Gasteiger partial charge in [0.15, 0.2) is 16.3 Å². The molecule has 1 aliphatic rings. The lowest BCUT2D eigenvalue weighted by molar-refractivity contribution is -0.139. The molecule has 3 aromatic carbocycles. The first-order chi connectivity index (χ1) is 18.8. The second kappa shape index (κ2) is 10.9. The Kier molecular flexibility index (Phi) is 7.39. The maximum atomic E-state index is 14.0. The van der Waals surface area contributed by atoms with Gasteiger partial charge in [0.25, 0.3) is 5.56 Å². The predicted molar refractivity (Wildman–Crippen MR) is 153 cm³/mol. The number of carbonyl (C=O) groups is 1. The van der Waals surface area contributed by atoms with Crippen LogP contribution in [0.25, 0.3) is 16.8 Å². The molecule has 0 saturated carbocycles. The molecule has 0 aliphatic carbocycles. The van der Waals surface area contributed by atoms with Gasteiger partial charge in [-0.25, -0.2) is 9.79 Å². The highest BCUT2D eigenvalue weighted by Crippen LogP contribution is 2.36. The summed E-state index contributed by atoms with van der Waals surface area (Å²) in [5.74, 6) is 0.587. The maximum absolute atomic E-state index is 14.0. The van der Waals surface area contributed by atoms with Crippen LogP contribution in [0.2, 0.25) is 0 Å². The highest BCUT2D eigenvalue weighted by atomic mass is 32.1. The summed E-state index contributed by atoms with van der Waals surface area (Å²) in [7, 11) is 1.56. The molecule has 39 heavy (non-hydrogen) atoms. The number of methoxy groups -OCH3 is 1. The molecule has 5 rings (SSSR count). The second-order valence-electron chi connectivity index (χ2n) is 9.45. The SMILES string of the molecule is CCOC(=O)C1=C(C)N=c2sc(=Cc3cccc4ccccc34)c(=O)n2C1c1ccc(OC(C)C)c(OC)c1. The molecule has 8 heteroatoms. The number of benzene rings is 3. The van der Waals surface area contributed by atoms with Crippen molar-refractivity contribution in [3.05, 3.63) is 103 Å². The Labute approximate surface area is 230 Å². The molecule has 200 valence electrons. The van der Waals surface area contributed by atoms with E-state index in [0.717, 1.165) is 16.3 Å². The van der Waals surface area contributed by atoms with Crippen molar-refractivity contribution < 1.29 is 19.0 Å². The minimum Gasteiger partial charge on any atom is -0.493 e. The van der Waals surface area contributed by atoms with Crippen LogP contribution in [-0.2, 0) is 9.53 Å². The number of carbonyl (C=O) groups excluding carboxylic acids is 1. The lowest BCUT2D eigenvalue weighted by Gasteiger charge is -2.25. The molecule has 4 aromatic rings. The number of nitrogens with zero attached hydrogens (tertiary/aromatic N) is 2. The number of allylic oxidation sites excluding steroid dienone is 1. The van der Waals surface area contributed by atoms with Crippen molar-refractivity contribution in [3.8, 4) is 11.5 Å². The van der Waals surface area contributed by atoms with E-state index in [2.05, 4.69) is 4.99 Å². The zero-order chi connectivity index (χ0) is 27.7. The Hall–Kier alpha value is -4.17. The number of thiazole rings is 1. The van der Waals surface area contributed by atoms with Crippen LogP contribution in [0.4, 0.5) is 0 Å². The van der Waals surface area contributed by atoms with Gasteiger partial charge in [-0.2, -0.15) is 0 Å². The standard InChI is InChI=1S/C31H30N2O5S/c1-6-37-30(35)27-19(4)32-31-33(28(27)22-14-15-24(38-18(2)3)25(16-22)36-5)29(34)26(39-31)17-21-12-9-11-20-10-7-8-13-23(20)21/h7-18,28H,6H2,1-5H3. The van der Waals surface area contributed by atoms with Crippen LogP contribution in [0, 0.1) is 0 Å². The Balaban J connectivity index is 1.73. The Morgan fingerprint density at radius 2 is 1.87 bits per heavy atom. The fourth-order valence-corrected chi connectivity index (χ4v) is 5.87. The van der Waals surface area contributed by atoms with Gasteiger partial charge in [-0.15, -0.1) is 0 Å². The van der Waals surface area contributed by atoms with Crippen molar-refractivity contribution in [2.45, 2.75) is 39.8 Å². The van der Waals surface area contributed by atoms with E-state index in [1.807, 2.05) is 74.5 Å². The molecule has 1 atom stereocenters. The molecule has 0 radical (unpaired) electrons. The molecule has 0 saturated heterocycles. The molecule has 2 heterocycles. The van der Waals surface area contributed by atoms with Crippen LogP contribution < -0.4 is 24.4 Å². The number of fused-ring (bicyclic) bond motifs is 2. The molecule has 0 bridgehead atoms. The summed E-state index contributed by atoms with van der Waals surface area (Å²) >= 11 is 1.30. The van der Waals surface area contributed by atoms with Gasteiger partial charge in [0.2, 0.25) is 0 Å². The van der Waals surface area contributed by atoms with Crippen molar-refractivity contribution in [1.82, 2.24) is 4.57 Å². The number of hydrogen-bond donors (Lipinski definition) is 0. The van der Waals surface area contributed by atoms with E-state index in [0.29, 0.717) is 37.7 Å². The lowest BCUT2D eigenvalue weighted by Crippen LogP contribution is -2.40. The van der Waals surface area contributed by atoms with Crippen LogP contribution in [0.5, 0.6) is 11.5 Å². The average molecular weight is 543 g/mol. The number of esters is 1. The van der Waals surface area contributed by atoms with E-state index in [-0.39, 0.29) is 18.3 Å². The van der Waals surface area contributed by atoms with Gasteiger partial charge in [0, 0.05) is 0 Å². The third-order valence-corrected chi connectivity index (χ3v) is 7.48. The summed E-state index contributed by atoms with van der Waals surface area (Å²) in [6, 6.07) is 18.8. The third-order valence-electron chi connectivity index (χ3n) is 6.49. The largest absolute Gasteiger partial charge is 0.493 e. The van der Waals surface area contributed by atoms with E-state index < -0.39 is 12.0 Å². The summed E-state index contributed by atoms with van der Waals surface area (Å²) in [4.78, 5) is 32.4. The summed E-state index contributed by atoms with van der Waals surface area (Å²) in [6.45, 7) is 7.61. The summed E-state index contributed by atoms with van der Waals surface area (Å²) in [5.41, 5.74) is 2.23.